The minimum Gasteiger partial charge on any atom is -0.356 e. The molecule has 3 heterocycles. The van der Waals surface area contributed by atoms with E-state index in [0.717, 1.165) is 37.6 Å². The van der Waals surface area contributed by atoms with Crippen LogP contribution in [0.2, 0.25) is 0 Å². The van der Waals surface area contributed by atoms with Gasteiger partial charge in [0.25, 0.3) is 5.91 Å². The first-order valence-corrected chi connectivity index (χ1v) is 9.35. The molecule has 1 aromatic heterocycles. The van der Waals surface area contributed by atoms with Gasteiger partial charge in [0.05, 0.1) is 5.56 Å². The topological polar surface area (TPSA) is 36.4 Å². The van der Waals surface area contributed by atoms with Crippen molar-refractivity contribution in [3.63, 3.8) is 0 Å². The molecular weight excluding hydrogens is 310 g/mol. The molecule has 1 aromatic carbocycles. The maximum atomic E-state index is 12.9. The number of amides is 1. The molecule has 0 N–H and O–H groups in total. The van der Waals surface area contributed by atoms with Crippen LogP contribution in [0.3, 0.4) is 0 Å². The number of carbonyl (C=O) groups is 1. The second-order valence-electron chi connectivity index (χ2n) is 7.77. The first-order valence-electron chi connectivity index (χ1n) is 9.35. The Kier molecular flexibility index (Phi) is 3.34. The second-order valence-corrected chi connectivity index (χ2v) is 7.77. The van der Waals surface area contributed by atoms with Crippen molar-refractivity contribution >= 4 is 17.4 Å². The lowest BCUT2D eigenvalue weighted by Gasteiger charge is -2.33. The largest absolute Gasteiger partial charge is 0.356 e. The number of benzene rings is 1. The van der Waals surface area contributed by atoms with Crippen LogP contribution in [-0.4, -0.2) is 30.5 Å². The first kappa shape index (κ1) is 14.9. The maximum Gasteiger partial charge on any atom is 0.259 e. The zero-order chi connectivity index (χ0) is 16.9. The Labute approximate surface area is 148 Å². The van der Waals surface area contributed by atoms with Crippen LogP contribution in [0.25, 0.3) is 0 Å². The minimum atomic E-state index is 0.0568. The van der Waals surface area contributed by atoms with Crippen molar-refractivity contribution in [2.24, 2.45) is 5.41 Å². The van der Waals surface area contributed by atoms with Crippen LogP contribution < -0.4 is 9.80 Å². The molecule has 1 saturated heterocycles. The molecule has 0 radical (unpaired) electrons. The van der Waals surface area contributed by atoms with E-state index in [1.54, 1.807) is 6.20 Å². The van der Waals surface area contributed by atoms with E-state index in [1.165, 1.54) is 31.2 Å². The fraction of sp³-hybridized carbons (Fsp3) is 0.429. The Morgan fingerprint density at radius 2 is 1.92 bits per heavy atom. The number of anilines is 2. The Balaban J connectivity index is 1.34. The van der Waals surface area contributed by atoms with Crippen molar-refractivity contribution < 1.29 is 4.79 Å². The number of fused-ring (bicyclic) bond motifs is 1. The third kappa shape index (κ3) is 2.60. The number of aromatic nitrogens is 1. The molecule has 3 aliphatic rings. The highest BCUT2D eigenvalue weighted by Gasteiger charge is 2.45. The van der Waals surface area contributed by atoms with Gasteiger partial charge in [-0.15, -0.1) is 0 Å². The third-order valence-corrected chi connectivity index (χ3v) is 6.07. The lowest BCUT2D eigenvalue weighted by atomic mass is 9.95. The van der Waals surface area contributed by atoms with Crippen molar-refractivity contribution in [3.05, 3.63) is 53.7 Å². The normalized spacial score (nSPS) is 20.6. The molecule has 1 spiro atoms. The minimum absolute atomic E-state index is 0.0568. The summed E-state index contributed by atoms with van der Waals surface area (Å²) < 4.78 is 0. The molecule has 0 unspecified atom stereocenters. The van der Waals surface area contributed by atoms with Crippen molar-refractivity contribution in [2.45, 2.75) is 32.1 Å². The van der Waals surface area contributed by atoms with E-state index in [1.807, 2.05) is 35.2 Å². The lowest BCUT2D eigenvalue weighted by Crippen LogP contribution is -2.37. The van der Waals surface area contributed by atoms with Gasteiger partial charge in [-0.05, 0) is 61.3 Å². The monoisotopic (exact) mass is 333 g/mol. The van der Waals surface area contributed by atoms with Crippen LogP contribution in [0.4, 0.5) is 11.5 Å². The third-order valence-electron chi connectivity index (χ3n) is 6.07. The molecule has 0 bridgehead atoms. The van der Waals surface area contributed by atoms with Crippen LogP contribution in [-0.2, 0) is 6.42 Å². The molecule has 2 aromatic rings. The number of rotatable bonds is 2. The van der Waals surface area contributed by atoms with Gasteiger partial charge in [-0.25, -0.2) is 4.98 Å². The van der Waals surface area contributed by atoms with Crippen LogP contribution in [0, 0.1) is 5.41 Å². The number of para-hydroxylation sites is 1. The number of hydrogen-bond acceptors (Lipinski definition) is 3. The van der Waals surface area contributed by atoms with Gasteiger partial charge in [0.2, 0.25) is 0 Å². The molecule has 2 aliphatic heterocycles. The molecule has 1 aliphatic carbocycles. The maximum absolute atomic E-state index is 12.9. The summed E-state index contributed by atoms with van der Waals surface area (Å²) in [6.45, 7) is 2.98. The zero-order valence-corrected chi connectivity index (χ0v) is 14.4. The summed E-state index contributed by atoms with van der Waals surface area (Å²) in [4.78, 5) is 21.8. The Hall–Kier alpha value is -2.36. The molecule has 2 fully saturated rings. The zero-order valence-electron chi connectivity index (χ0n) is 14.4. The van der Waals surface area contributed by atoms with Crippen molar-refractivity contribution in [1.82, 2.24) is 4.98 Å². The molecule has 128 valence electrons. The van der Waals surface area contributed by atoms with Gasteiger partial charge >= 0.3 is 0 Å². The quantitative estimate of drug-likeness (QED) is 0.841. The van der Waals surface area contributed by atoms with Crippen LogP contribution >= 0.6 is 0 Å². The van der Waals surface area contributed by atoms with E-state index in [9.17, 15) is 4.79 Å². The van der Waals surface area contributed by atoms with E-state index in [2.05, 4.69) is 16.0 Å². The molecule has 25 heavy (non-hydrogen) atoms. The molecule has 1 amide bonds. The molecule has 4 heteroatoms. The second kappa shape index (κ2) is 5.58. The molecular formula is C21H23N3O. The fourth-order valence-corrected chi connectivity index (χ4v) is 4.39. The SMILES string of the molecule is O=C(c1ccc(N2CCCC3(CC3)C2)nc1)N1CCc2ccccc21. The van der Waals surface area contributed by atoms with Crippen LogP contribution in [0.1, 0.15) is 41.6 Å². The van der Waals surface area contributed by atoms with Crippen LogP contribution in [0.15, 0.2) is 42.6 Å². The number of nitrogens with zero attached hydrogens (tertiary/aromatic N) is 3. The smallest absolute Gasteiger partial charge is 0.259 e. The highest BCUT2D eigenvalue weighted by molar-refractivity contribution is 6.07. The van der Waals surface area contributed by atoms with Crippen molar-refractivity contribution in [2.75, 3.05) is 29.4 Å². The van der Waals surface area contributed by atoms with Gasteiger partial charge in [-0.3, -0.25) is 4.79 Å². The number of pyridine rings is 1. The number of piperidine rings is 1. The van der Waals surface area contributed by atoms with E-state index >= 15 is 0 Å². The molecule has 0 atom stereocenters. The highest BCUT2D eigenvalue weighted by atomic mass is 16.2. The number of hydrogen-bond donors (Lipinski definition) is 0. The summed E-state index contributed by atoms with van der Waals surface area (Å²) in [6, 6.07) is 12.1. The van der Waals surface area contributed by atoms with E-state index in [-0.39, 0.29) is 5.91 Å². The summed E-state index contributed by atoms with van der Waals surface area (Å²) in [5.74, 6) is 1.07. The summed E-state index contributed by atoms with van der Waals surface area (Å²) in [6.07, 6.45) is 8.06. The highest BCUT2D eigenvalue weighted by Crippen LogP contribution is 2.52. The summed E-state index contributed by atoms with van der Waals surface area (Å²) in [5, 5.41) is 0. The number of carbonyl (C=O) groups excluding carboxylic acids is 1. The Morgan fingerprint density at radius 3 is 2.72 bits per heavy atom. The van der Waals surface area contributed by atoms with Gasteiger partial charge in [0.15, 0.2) is 0 Å². The van der Waals surface area contributed by atoms with Gasteiger partial charge in [0.1, 0.15) is 5.82 Å². The van der Waals surface area contributed by atoms with Gasteiger partial charge in [-0.2, -0.15) is 0 Å². The van der Waals surface area contributed by atoms with E-state index in [4.69, 9.17) is 0 Å². The molecule has 1 saturated carbocycles. The average molecular weight is 333 g/mol. The van der Waals surface area contributed by atoms with Gasteiger partial charge in [0, 0.05) is 31.5 Å². The fourth-order valence-electron chi connectivity index (χ4n) is 4.39. The van der Waals surface area contributed by atoms with Gasteiger partial charge in [-0.1, -0.05) is 18.2 Å². The molecule has 4 nitrogen and oxygen atoms in total. The molecule has 5 rings (SSSR count). The van der Waals surface area contributed by atoms with Gasteiger partial charge < -0.3 is 9.80 Å². The standard InChI is InChI=1S/C21H23N3O/c25-20(24-13-8-16-4-1-2-5-18(16)24)17-6-7-19(22-14-17)23-12-3-9-21(15-23)10-11-21/h1-2,4-7,14H,3,8-13,15H2. The van der Waals surface area contributed by atoms with E-state index in [0.29, 0.717) is 11.0 Å². The van der Waals surface area contributed by atoms with E-state index < -0.39 is 0 Å². The lowest BCUT2D eigenvalue weighted by molar-refractivity contribution is 0.0989. The average Bonchev–Trinajstić information content (AvgIpc) is 3.26. The Bertz CT molecular complexity index is 810. The predicted molar refractivity (Wildman–Crippen MR) is 99.2 cm³/mol. The summed E-state index contributed by atoms with van der Waals surface area (Å²) in [5.41, 5.74) is 3.55. The van der Waals surface area contributed by atoms with Crippen LogP contribution in [0.5, 0.6) is 0 Å². The predicted octanol–water partition coefficient (Wildman–Crippen LogP) is 3.66. The summed E-state index contributed by atoms with van der Waals surface area (Å²) >= 11 is 0. The Morgan fingerprint density at radius 1 is 1.04 bits per heavy atom. The van der Waals surface area contributed by atoms with Crippen molar-refractivity contribution in [1.29, 1.82) is 0 Å². The summed E-state index contributed by atoms with van der Waals surface area (Å²) in [7, 11) is 0. The van der Waals surface area contributed by atoms with Crippen molar-refractivity contribution in [3.8, 4) is 0 Å². The first-order chi connectivity index (χ1) is 12.2.